The lowest BCUT2D eigenvalue weighted by molar-refractivity contribution is 0.0984. The first-order valence-corrected chi connectivity index (χ1v) is 5.54. The molecule has 2 aromatic heterocycles. The van der Waals surface area contributed by atoms with Gasteiger partial charge < -0.3 is 0 Å². The number of hydrogen-bond donors (Lipinski definition) is 0. The molecule has 0 aliphatic heterocycles. The first kappa shape index (κ1) is 11.4. The summed E-state index contributed by atoms with van der Waals surface area (Å²) in [6, 6.07) is 3.70. The van der Waals surface area contributed by atoms with Crippen LogP contribution in [0.2, 0.25) is 0 Å². The Bertz CT molecular complexity index is 533. The number of Topliss-reactive ketones (excluding diaryl/α,β-unsaturated/α-hetero) is 1. The minimum absolute atomic E-state index is 0.0224. The van der Waals surface area contributed by atoms with Crippen LogP contribution in [-0.4, -0.2) is 25.5 Å². The normalized spacial score (nSPS) is 10.5. The highest BCUT2D eigenvalue weighted by Gasteiger charge is 2.14. The summed E-state index contributed by atoms with van der Waals surface area (Å²) in [5, 5.41) is 4.04. The Kier molecular flexibility index (Phi) is 3.27. The van der Waals surface area contributed by atoms with Crippen LogP contribution in [-0.2, 0) is 13.0 Å². The zero-order valence-corrected chi connectivity index (χ0v) is 9.92. The molecule has 0 amide bonds. The van der Waals surface area contributed by atoms with Crippen LogP contribution >= 0.6 is 0 Å². The molecule has 0 aliphatic carbocycles. The van der Waals surface area contributed by atoms with E-state index in [2.05, 4.69) is 15.1 Å². The molecule has 17 heavy (non-hydrogen) atoms. The fraction of sp³-hybridized carbons (Fsp3) is 0.333. The van der Waals surface area contributed by atoms with Gasteiger partial charge in [-0.3, -0.25) is 9.78 Å². The molecule has 2 aromatic rings. The molecule has 88 valence electrons. The fourth-order valence-corrected chi connectivity index (χ4v) is 1.69. The number of nitrogens with zero attached hydrogens (tertiary/aromatic N) is 4. The summed E-state index contributed by atoms with van der Waals surface area (Å²) < 4.78 is 1.72. The van der Waals surface area contributed by atoms with E-state index in [0.29, 0.717) is 18.1 Å². The Balaban J connectivity index is 2.20. The van der Waals surface area contributed by atoms with Crippen LogP contribution in [0.15, 0.2) is 24.7 Å². The van der Waals surface area contributed by atoms with Gasteiger partial charge in [0.25, 0.3) is 0 Å². The summed E-state index contributed by atoms with van der Waals surface area (Å²) in [6.45, 7) is 4.56. The first-order valence-electron chi connectivity index (χ1n) is 5.54. The first-order chi connectivity index (χ1) is 8.22. The second-order valence-electron chi connectivity index (χ2n) is 3.76. The van der Waals surface area contributed by atoms with Crippen LogP contribution in [0.5, 0.6) is 0 Å². The second-order valence-corrected chi connectivity index (χ2v) is 3.76. The monoisotopic (exact) mass is 230 g/mol. The zero-order chi connectivity index (χ0) is 12.3. The molecular weight excluding hydrogens is 216 g/mol. The van der Waals surface area contributed by atoms with Gasteiger partial charge in [0.1, 0.15) is 17.8 Å². The van der Waals surface area contributed by atoms with E-state index in [-0.39, 0.29) is 12.2 Å². The summed E-state index contributed by atoms with van der Waals surface area (Å²) in [4.78, 5) is 20.3. The van der Waals surface area contributed by atoms with Gasteiger partial charge in [-0.2, -0.15) is 5.10 Å². The third kappa shape index (κ3) is 2.38. The van der Waals surface area contributed by atoms with Crippen LogP contribution < -0.4 is 0 Å². The summed E-state index contributed by atoms with van der Waals surface area (Å²) in [5.74, 6) is 0.661. The van der Waals surface area contributed by atoms with Gasteiger partial charge in [0.2, 0.25) is 0 Å². The molecule has 5 nitrogen and oxygen atoms in total. The summed E-state index contributed by atoms with van der Waals surface area (Å²) in [5.41, 5.74) is 1.40. The summed E-state index contributed by atoms with van der Waals surface area (Å²) in [6.07, 6.45) is 3.34. The van der Waals surface area contributed by atoms with Crippen molar-refractivity contribution >= 4 is 5.78 Å². The molecule has 0 bridgehead atoms. The predicted molar refractivity (Wildman–Crippen MR) is 62.7 cm³/mol. The highest BCUT2D eigenvalue weighted by Crippen LogP contribution is 2.07. The van der Waals surface area contributed by atoms with E-state index in [4.69, 9.17) is 0 Å². The van der Waals surface area contributed by atoms with Gasteiger partial charge in [-0.15, -0.1) is 0 Å². The molecule has 2 heterocycles. The van der Waals surface area contributed by atoms with Crippen molar-refractivity contribution in [3.63, 3.8) is 0 Å². The van der Waals surface area contributed by atoms with E-state index >= 15 is 0 Å². The highest BCUT2D eigenvalue weighted by atomic mass is 16.1. The van der Waals surface area contributed by atoms with Gasteiger partial charge >= 0.3 is 0 Å². The molecular formula is C12H14N4O. The van der Waals surface area contributed by atoms with E-state index in [1.165, 1.54) is 6.33 Å². The molecule has 0 N–H and O–H groups in total. The number of pyridine rings is 1. The standard InChI is InChI=1S/C12H14N4O/c1-3-16-11(14-8-15-16)7-10(17)12-9(2)5-4-6-13-12/h4-6,8H,3,7H2,1-2H3. The van der Waals surface area contributed by atoms with Gasteiger partial charge in [-0.05, 0) is 25.5 Å². The number of aromatic nitrogens is 4. The number of carbonyl (C=O) groups is 1. The lowest BCUT2D eigenvalue weighted by atomic mass is 10.1. The average Bonchev–Trinajstić information content (AvgIpc) is 2.76. The van der Waals surface area contributed by atoms with Crippen LogP contribution in [0.25, 0.3) is 0 Å². The Morgan fingerprint density at radius 1 is 1.41 bits per heavy atom. The predicted octanol–water partition coefficient (Wildman–Crippen LogP) is 1.43. The van der Waals surface area contributed by atoms with Crippen molar-refractivity contribution in [3.8, 4) is 0 Å². The maximum Gasteiger partial charge on any atom is 0.188 e. The molecule has 0 saturated carbocycles. The molecule has 0 fully saturated rings. The number of rotatable bonds is 4. The molecule has 0 atom stereocenters. The van der Waals surface area contributed by atoms with Gasteiger partial charge in [0.05, 0.1) is 6.42 Å². The summed E-state index contributed by atoms with van der Waals surface area (Å²) in [7, 11) is 0. The van der Waals surface area contributed by atoms with E-state index in [0.717, 1.165) is 5.56 Å². The zero-order valence-electron chi connectivity index (χ0n) is 9.92. The Labute approximate surface area is 99.5 Å². The van der Waals surface area contributed by atoms with Crippen LogP contribution in [0.1, 0.15) is 28.8 Å². The lowest BCUT2D eigenvalue weighted by Gasteiger charge is -2.04. The Morgan fingerprint density at radius 2 is 2.24 bits per heavy atom. The third-order valence-corrected chi connectivity index (χ3v) is 2.59. The van der Waals surface area contributed by atoms with E-state index < -0.39 is 0 Å². The largest absolute Gasteiger partial charge is 0.292 e. The van der Waals surface area contributed by atoms with Crippen molar-refractivity contribution in [2.45, 2.75) is 26.8 Å². The molecule has 0 spiro atoms. The minimum Gasteiger partial charge on any atom is -0.292 e. The molecule has 0 radical (unpaired) electrons. The molecule has 0 saturated heterocycles. The van der Waals surface area contributed by atoms with Crippen molar-refractivity contribution in [1.82, 2.24) is 19.7 Å². The molecule has 5 heteroatoms. The Morgan fingerprint density at radius 3 is 2.94 bits per heavy atom. The quantitative estimate of drug-likeness (QED) is 0.745. The van der Waals surface area contributed by atoms with Gasteiger partial charge in [0.15, 0.2) is 5.78 Å². The van der Waals surface area contributed by atoms with Crippen molar-refractivity contribution in [3.05, 3.63) is 41.7 Å². The number of carbonyl (C=O) groups excluding carboxylic acids is 1. The van der Waals surface area contributed by atoms with Crippen molar-refractivity contribution in [2.24, 2.45) is 0 Å². The maximum absolute atomic E-state index is 12.1. The number of aryl methyl sites for hydroxylation is 2. The van der Waals surface area contributed by atoms with Crippen LogP contribution in [0.3, 0.4) is 0 Å². The van der Waals surface area contributed by atoms with Gasteiger partial charge in [-0.25, -0.2) is 9.67 Å². The van der Waals surface area contributed by atoms with E-state index in [1.807, 2.05) is 26.0 Å². The Hall–Kier alpha value is -2.04. The third-order valence-electron chi connectivity index (χ3n) is 2.59. The second kappa shape index (κ2) is 4.86. The average molecular weight is 230 g/mol. The molecule has 0 aromatic carbocycles. The van der Waals surface area contributed by atoms with Crippen molar-refractivity contribution in [1.29, 1.82) is 0 Å². The molecule has 0 aliphatic rings. The van der Waals surface area contributed by atoms with Crippen LogP contribution in [0, 0.1) is 6.92 Å². The highest BCUT2D eigenvalue weighted by molar-refractivity contribution is 5.96. The lowest BCUT2D eigenvalue weighted by Crippen LogP contribution is -2.13. The maximum atomic E-state index is 12.1. The smallest absolute Gasteiger partial charge is 0.188 e. The number of hydrogen-bond acceptors (Lipinski definition) is 4. The van der Waals surface area contributed by atoms with E-state index in [9.17, 15) is 4.79 Å². The SMILES string of the molecule is CCn1ncnc1CC(=O)c1ncccc1C. The fourth-order valence-electron chi connectivity index (χ4n) is 1.69. The molecule has 0 unspecified atom stereocenters. The van der Waals surface area contributed by atoms with Crippen molar-refractivity contribution in [2.75, 3.05) is 0 Å². The number of ketones is 1. The van der Waals surface area contributed by atoms with Crippen LogP contribution in [0.4, 0.5) is 0 Å². The van der Waals surface area contributed by atoms with Gasteiger partial charge in [-0.1, -0.05) is 6.07 Å². The minimum atomic E-state index is -0.0224. The van der Waals surface area contributed by atoms with E-state index in [1.54, 1.807) is 10.9 Å². The topological polar surface area (TPSA) is 60.7 Å². The van der Waals surface area contributed by atoms with Gasteiger partial charge in [0, 0.05) is 12.7 Å². The molecule has 2 rings (SSSR count). The van der Waals surface area contributed by atoms with Crippen molar-refractivity contribution < 1.29 is 4.79 Å². The summed E-state index contributed by atoms with van der Waals surface area (Å²) >= 11 is 0.